The Balaban J connectivity index is 1.91. The number of halogens is 1. The Morgan fingerprint density at radius 2 is 1.66 bits per heavy atom. The zero-order valence-electron chi connectivity index (χ0n) is 17.9. The highest BCUT2D eigenvalue weighted by Gasteiger charge is 2.29. The van der Waals surface area contributed by atoms with E-state index in [4.69, 9.17) is 16.3 Å². The van der Waals surface area contributed by atoms with Crippen molar-refractivity contribution in [2.75, 3.05) is 17.5 Å². The molecule has 168 valence electrons. The number of para-hydroxylation sites is 2. The third-order valence-corrected chi connectivity index (χ3v) is 6.76. The molecule has 3 aromatic carbocycles. The molecular formula is C24H25ClN2O4S. The fraction of sp³-hybridized carbons (Fsp3) is 0.208. The molecule has 0 saturated carbocycles. The van der Waals surface area contributed by atoms with Crippen LogP contribution in [0.15, 0.2) is 77.7 Å². The number of carbonyl (C=O) groups is 1. The lowest BCUT2D eigenvalue weighted by Crippen LogP contribution is -2.40. The van der Waals surface area contributed by atoms with Crippen LogP contribution in [0.2, 0.25) is 5.02 Å². The van der Waals surface area contributed by atoms with E-state index in [1.807, 2.05) is 13.8 Å². The van der Waals surface area contributed by atoms with Gasteiger partial charge < -0.3 is 10.1 Å². The first kappa shape index (κ1) is 23.6. The molecule has 0 aliphatic rings. The Hall–Kier alpha value is -3.03. The third kappa shape index (κ3) is 5.81. The van der Waals surface area contributed by atoms with Crippen molar-refractivity contribution in [2.45, 2.75) is 25.3 Å². The molecule has 0 aliphatic carbocycles. The van der Waals surface area contributed by atoms with Crippen molar-refractivity contribution in [3.63, 3.8) is 0 Å². The number of anilines is 1. The van der Waals surface area contributed by atoms with Gasteiger partial charge in [-0.1, -0.05) is 53.6 Å². The summed E-state index contributed by atoms with van der Waals surface area (Å²) < 4.78 is 33.8. The van der Waals surface area contributed by atoms with Crippen LogP contribution < -0.4 is 14.4 Å². The van der Waals surface area contributed by atoms with Gasteiger partial charge in [-0.2, -0.15) is 0 Å². The largest absolute Gasteiger partial charge is 0.492 e. The molecule has 0 saturated heterocycles. The maximum atomic E-state index is 13.5. The number of rotatable bonds is 9. The minimum atomic E-state index is -4.02. The van der Waals surface area contributed by atoms with E-state index in [1.54, 1.807) is 60.7 Å². The summed E-state index contributed by atoms with van der Waals surface area (Å²) in [5, 5.41) is 3.37. The zero-order valence-corrected chi connectivity index (χ0v) is 19.5. The third-order valence-electron chi connectivity index (χ3n) is 4.73. The predicted octanol–water partition coefficient (Wildman–Crippen LogP) is 4.56. The van der Waals surface area contributed by atoms with E-state index in [9.17, 15) is 13.2 Å². The SMILES string of the molecule is CCOc1ccccc1N(CC(=O)NCc1ccc(Cl)cc1)S(=O)(=O)c1ccc(C)cc1. The first-order valence-corrected chi connectivity index (χ1v) is 12.0. The van der Waals surface area contributed by atoms with Crippen LogP contribution in [0.1, 0.15) is 18.1 Å². The van der Waals surface area contributed by atoms with E-state index in [0.29, 0.717) is 23.1 Å². The Morgan fingerprint density at radius 1 is 1.00 bits per heavy atom. The van der Waals surface area contributed by atoms with E-state index in [2.05, 4.69) is 5.32 Å². The molecule has 0 radical (unpaired) electrons. The van der Waals surface area contributed by atoms with Crippen LogP contribution in [-0.2, 0) is 21.4 Å². The van der Waals surface area contributed by atoms with Crippen LogP contribution in [-0.4, -0.2) is 27.5 Å². The summed E-state index contributed by atoms with van der Waals surface area (Å²) in [5.41, 5.74) is 2.09. The Labute approximate surface area is 193 Å². The van der Waals surface area contributed by atoms with Gasteiger partial charge in [0.25, 0.3) is 10.0 Å². The number of nitrogens with zero attached hydrogens (tertiary/aromatic N) is 1. The van der Waals surface area contributed by atoms with Gasteiger partial charge in [0.15, 0.2) is 0 Å². The summed E-state index contributed by atoms with van der Waals surface area (Å²) in [6, 6.07) is 20.4. The summed E-state index contributed by atoms with van der Waals surface area (Å²) in [4.78, 5) is 12.9. The lowest BCUT2D eigenvalue weighted by atomic mass is 10.2. The summed E-state index contributed by atoms with van der Waals surface area (Å²) in [6.45, 7) is 3.91. The van der Waals surface area contributed by atoms with Crippen molar-refractivity contribution in [1.29, 1.82) is 0 Å². The van der Waals surface area contributed by atoms with E-state index in [0.717, 1.165) is 15.4 Å². The number of sulfonamides is 1. The molecule has 0 unspecified atom stereocenters. The average Bonchev–Trinajstić information content (AvgIpc) is 2.78. The smallest absolute Gasteiger partial charge is 0.264 e. The highest BCUT2D eigenvalue weighted by atomic mass is 35.5. The summed E-state index contributed by atoms with van der Waals surface area (Å²) in [6.07, 6.45) is 0. The van der Waals surface area contributed by atoms with Crippen molar-refractivity contribution in [2.24, 2.45) is 0 Å². The second kappa shape index (κ2) is 10.5. The Kier molecular flexibility index (Phi) is 7.77. The summed E-state index contributed by atoms with van der Waals surface area (Å²) >= 11 is 5.90. The van der Waals surface area contributed by atoms with Crippen molar-refractivity contribution in [1.82, 2.24) is 5.32 Å². The molecule has 0 aliphatic heterocycles. The van der Waals surface area contributed by atoms with Crippen molar-refractivity contribution < 1.29 is 17.9 Å². The van der Waals surface area contributed by atoms with E-state index >= 15 is 0 Å². The van der Waals surface area contributed by atoms with Gasteiger partial charge in [-0.05, 0) is 55.8 Å². The molecule has 1 N–H and O–H groups in total. The fourth-order valence-corrected chi connectivity index (χ4v) is 4.62. The molecule has 0 heterocycles. The van der Waals surface area contributed by atoms with Gasteiger partial charge in [-0.15, -0.1) is 0 Å². The maximum absolute atomic E-state index is 13.5. The molecule has 6 nitrogen and oxygen atoms in total. The highest BCUT2D eigenvalue weighted by molar-refractivity contribution is 7.92. The van der Waals surface area contributed by atoms with Crippen molar-refractivity contribution in [3.05, 3.63) is 88.9 Å². The monoisotopic (exact) mass is 472 g/mol. The standard InChI is InChI=1S/C24H25ClN2O4S/c1-3-31-23-7-5-4-6-22(23)27(32(29,30)21-14-8-18(2)9-15-21)17-24(28)26-16-19-10-12-20(25)13-11-19/h4-15H,3,16-17H2,1-2H3,(H,26,28). The number of carbonyl (C=O) groups excluding carboxylic acids is 1. The van der Waals surface area contributed by atoms with Crippen LogP contribution in [0.4, 0.5) is 5.69 Å². The lowest BCUT2D eigenvalue weighted by Gasteiger charge is -2.26. The second-order valence-electron chi connectivity index (χ2n) is 7.13. The first-order valence-electron chi connectivity index (χ1n) is 10.1. The number of hydrogen-bond acceptors (Lipinski definition) is 4. The van der Waals surface area contributed by atoms with Gasteiger partial charge in [-0.25, -0.2) is 8.42 Å². The Bertz CT molecular complexity index is 1160. The molecule has 1 amide bonds. The van der Waals surface area contributed by atoms with E-state index < -0.39 is 22.5 Å². The van der Waals surface area contributed by atoms with Crippen LogP contribution in [0, 0.1) is 6.92 Å². The molecule has 3 aromatic rings. The normalized spacial score (nSPS) is 11.1. The number of benzene rings is 3. The molecular weight excluding hydrogens is 448 g/mol. The quantitative estimate of drug-likeness (QED) is 0.495. The topological polar surface area (TPSA) is 75.7 Å². The fourth-order valence-electron chi connectivity index (χ4n) is 3.07. The van der Waals surface area contributed by atoms with E-state index in [1.165, 1.54) is 12.1 Å². The maximum Gasteiger partial charge on any atom is 0.264 e. The zero-order chi connectivity index (χ0) is 23.1. The van der Waals surface area contributed by atoms with Gasteiger partial charge in [0.1, 0.15) is 12.3 Å². The second-order valence-corrected chi connectivity index (χ2v) is 9.43. The first-order chi connectivity index (χ1) is 15.3. The summed E-state index contributed by atoms with van der Waals surface area (Å²) in [5.74, 6) is -0.0573. The summed E-state index contributed by atoms with van der Waals surface area (Å²) in [7, 11) is -4.02. The van der Waals surface area contributed by atoms with Crippen LogP contribution in [0.25, 0.3) is 0 Å². The highest BCUT2D eigenvalue weighted by Crippen LogP contribution is 2.32. The molecule has 0 bridgehead atoms. The van der Waals surface area contributed by atoms with Crippen LogP contribution in [0.3, 0.4) is 0 Å². The predicted molar refractivity (Wildman–Crippen MR) is 127 cm³/mol. The van der Waals surface area contributed by atoms with Gasteiger partial charge >= 0.3 is 0 Å². The molecule has 3 rings (SSSR count). The molecule has 8 heteroatoms. The van der Waals surface area contributed by atoms with Gasteiger partial charge in [-0.3, -0.25) is 9.10 Å². The molecule has 0 spiro atoms. The molecule has 0 aromatic heterocycles. The number of hydrogen-bond donors (Lipinski definition) is 1. The number of aryl methyl sites for hydroxylation is 1. The van der Waals surface area contributed by atoms with Gasteiger partial charge in [0, 0.05) is 11.6 Å². The number of ether oxygens (including phenoxy) is 1. The van der Waals surface area contributed by atoms with Crippen molar-refractivity contribution in [3.8, 4) is 5.75 Å². The Morgan fingerprint density at radius 3 is 2.31 bits per heavy atom. The van der Waals surface area contributed by atoms with Gasteiger partial charge in [0.2, 0.25) is 5.91 Å². The van der Waals surface area contributed by atoms with Crippen LogP contribution in [0.5, 0.6) is 5.75 Å². The van der Waals surface area contributed by atoms with Crippen LogP contribution >= 0.6 is 11.6 Å². The molecule has 0 fully saturated rings. The molecule has 32 heavy (non-hydrogen) atoms. The number of nitrogens with one attached hydrogen (secondary N) is 1. The van der Waals surface area contributed by atoms with E-state index in [-0.39, 0.29) is 11.4 Å². The minimum Gasteiger partial charge on any atom is -0.492 e. The number of amides is 1. The minimum absolute atomic E-state index is 0.0971. The van der Waals surface area contributed by atoms with Gasteiger partial charge in [0.05, 0.1) is 17.2 Å². The van der Waals surface area contributed by atoms with Crippen molar-refractivity contribution >= 4 is 33.2 Å². The molecule has 0 atom stereocenters. The lowest BCUT2D eigenvalue weighted by molar-refractivity contribution is -0.119. The average molecular weight is 473 g/mol.